The molecule has 1 saturated carbocycles. The number of halogens is 1. The Morgan fingerprint density at radius 2 is 1.71 bits per heavy atom. The van der Waals surface area contributed by atoms with Crippen LogP contribution in [0.5, 0.6) is 11.5 Å². The van der Waals surface area contributed by atoms with Crippen molar-refractivity contribution in [3.8, 4) is 22.1 Å². The van der Waals surface area contributed by atoms with Gasteiger partial charge in [-0.2, -0.15) is 5.10 Å². The minimum absolute atomic E-state index is 0.110. The summed E-state index contributed by atoms with van der Waals surface area (Å²) < 4.78 is 7.96. The second-order valence-electron chi connectivity index (χ2n) is 15.4. The van der Waals surface area contributed by atoms with Crippen molar-refractivity contribution in [2.45, 2.75) is 39.5 Å². The van der Waals surface area contributed by atoms with Crippen LogP contribution in [0.1, 0.15) is 54.1 Å². The molecule has 4 amide bonds. The van der Waals surface area contributed by atoms with Crippen molar-refractivity contribution >= 4 is 73.9 Å². The number of hydrogen-bond acceptors (Lipinski definition) is 9. The van der Waals surface area contributed by atoms with E-state index in [0.29, 0.717) is 39.1 Å². The van der Waals surface area contributed by atoms with E-state index in [2.05, 4.69) is 0 Å². The Morgan fingerprint density at radius 1 is 0.964 bits per heavy atom. The van der Waals surface area contributed by atoms with Gasteiger partial charge in [0, 0.05) is 45.9 Å². The number of amides is 4. The Labute approximate surface area is 331 Å². The quantitative estimate of drug-likeness (QED) is 0.105. The number of fused-ring (bicyclic) bond motifs is 5. The highest BCUT2D eigenvalue weighted by atomic mass is 35.5. The number of phenols is 1. The van der Waals surface area contributed by atoms with E-state index in [9.17, 15) is 24.3 Å². The predicted molar refractivity (Wildman–Crippen MR) is 212 cm³/mol. The largest absolute Gasteiger partial charge is 0.508 e. The molecule has 0 bridgehead atoms. The number of carbonyl (C=O) groups excluding carboxylic acids is 5. The number of aromatic hydroxyl groups is 1. The second kappa shape index (κ2) is 12.7. The minimum atomic E-state index is -1.37. The first-order chi connectivity index (χ1) is 26.7. The number of carbonyl (C=O) groups is 5. The molecule has 4 aliphatic rings. The van der Waals surface area contributed by atoms with Crippen LogP contribution in [0.3, 0.4) is 0 Å². The van der Waals surface area contributed by atoms with Crippen molar-refractivity contribution in [1.82, 2.24) is 9.78 Å². The van der Waals surface area contributed by atoms with E-state index in [1.807, 2.05) is 31.2 Å². The maximum absolute atomic E-state index is 15.1. The molecule has 2 saturated heterocycles. The molecule has 0 unspecified atom stereocenters. The van der Waals surface area contributed by atoms with Crippen LogP contribution in [-0.2, 0) is 26.2 Å². The third kappa shape index (κ3) is 5.01. The van der Waals surface area contributed by atoms with Crippen LogP contribution < -0.4 is 14.5 Å². The molecule has 0 radical (unpaired) electrons. The third-order valence-electron chi connectivity index (χ3n) is 12.6. The molecular formula is C43H37ClN4O7S. The lowest BCUT2D eigenvalue weighted by Crippen LogP contribution is -2.49. The summed E-state index contributed by atoms with van der Waals surface area (Å²) in [6.07, 6.45) is 2.33. The van der Waals surface area contributed by atoms with Crippen LogP contribution in [0, 0.1) is 36.0 Å². The van der Waals surface area contributed by atoms with Crippen LogP contribution in [-0.4, -0.2) is 51.4 Å². The Hall–Kier alpha value is -5.59. The monoisotopic (exact) mass is 788 g/mol. The molecule has 2 aromatic heterocycles. The van der Waals surface area contributed by atoms with Gasteiger partial charge in [-0.15, -0.1) is 11.3 Å². The fraction of sp³-hybridized carbons (Fsp3) is 0.302. The summed E-state index contributed by atoms with van der Waals surface area (Å²) in [6.45, 7) is 5.22. The molecule has 2 aliphatic carbocycles. The Kier molecular flexibility index (Phi) is 8.19. The molecule has 9 rings (SSSR count). The topological polar surface area (TPSA) is 139 Å². The number of rotatable bonds is 6. The Bertz CT molecular complexity index is 2610. The number of aromatic nitrogens is 2. The molecule has 4 heterocycles. The highest BCUT2D eigenvalue weighted by Crippen LogP contribution is 2.64. The number of allylic oxidation sites excluding steroid dienone is 2. The van der Waals surface area contributed by atoms with E-state index in [1.165, 1.54) is 29.9 Å². The molecule has 5 aromatic rings. The standard InChI is InChI=1S/C43H37ClN4O7S/c1-20-29-16-23(44)8-15-34(29)56-38(20)32-19-35(46(4)45-32)48-40(52)31-18-30-26(37(43(31,3)42(48)54)27-12-11-25(55-5)17-33(27)50)13-14-28-36(30)41(53)47(39(28)51)24-9-6-22(7-10-24)21(2)49/h6-13,15-17,19,28,30-31,36-37,50H,14,18H2,1-5H3/t28-,30+,31-,36-,37+,43+/m0/s1. The summed E-state index contributed by atoms with van der Waals surface area (Å²) in [4.78, 5) is 73.8. The van der Waals surface area contributed by atoms with E-state index in [1.54, 1.807) is 72.5 Å². The molecule has 1 N–H and O–H groups in total. The first-order valence-corrected chi connectivity index (χ1v) is 19.6. The zero-order valence-corrected chi connectivity index (χ0v) is 32.8. The number of imide groups is 2. The summed E-state index contributed by atoms with van der Waals surface area (Å²) in [6, 6.07) is 18.7. The van der Waals surface area contributed by atoms with Gasteiger partial charge in [-0.1, -0.05) is 29.3 Å². The SMILES string of the molecule is COc1ccc([C@H]2C3=CC[C@@H]4C(=O)N(c5ccc(C(C)=O)cc5)C(=O)[C@@H]4[C@@H]3C[C@H]3C(=O)N(c4cc(-c5sc6ccc(Cl)cc6c5C)nn4C)C(=O)[C@@]23C)c(O)c1. The number of aryl methyl sites for hydroxylation is 2. The van der Waals surface area contributed by atoms with E-state index >= 15 is 4.79 Å². The molecule has 3 aromatic carbocycles. The van der Waals surface area contributed by atoms with Crippen LogP contribution in [0.4, 0.5) is 11.5 Å². The molecule has 284 valence electrons. The van der Waals surface area contributed by atoms with Gasteiger partial charge in [-0.3, -0.25) is 33.6 Å². The number of benzene rings is 3. The number of ether oxygens (including phenoxy) is 1. The van der Waals surface area contributed by atoms with Crippen molar-refractivity contribution in [1.29, 1.82) is 0 Å². The maximum Gasteiger partial charge on any atom is 0.242 e. The van der Waals surface area contributed by atoms with Crippen LogP contribution in [0.2, 0.25) is 5.02 Å². The minimum Gasteiger partial charge on any atom is -0.508 e. The number of phenolic OH excluding ortho intramolecular Hbond substituents is 1. The van der Waals surface area contributed by atoms with Crippen molar-refractivity contribution in [2.24, 2.45) is 36.1 Å². The van der Waals surface area contributed by atoms with Gasteiger partial charge in [0.1, 0.15) is 23.0 Å². The third-order valence-corrected chi connectivity index (χ3v) is 14.1. The highest BCUT2D eigenvalue weighted by molar-refractivity contribution is 7.22. The number of anilines is 2. The zero-order chi connectivity index (χ0) is 39.5. The summed E-state index contributed by atoms with van der Waals surface area (Å²) in [5, 5.41) is 18.0. The van der Waals surface area contributed by atoms with Crippen LogP contribution in [0.25, 0.3) is 20.7 Å². The molecule has 2 aliphatic heterocycles. The summed E-state index contributed by atoms with van der Waals surface area (Å²) in [5.41, 5.74) is 2.21. The lowest BCUT2D eigenvalue weighted by Gasteiger charge is -2.49. The lowest BCUT2D eigenvalue weighted by molar-refractivity contribution is -0.131. The van der Waals surface area contributed by atoms with Gasteiger partial charge in [0.05, 0.1) is 40.8 Å². The molecule has 6 atom stereocenters. The van der Waals surface area contributed by atoms with Crippen molar-refractivity contribution in [3.05, 3.63) is 100 Å². The Morgan fingerprint density at radius 3 is 2.41 bits per heavy atom. The normalized spacial score (nSPS) is 25.8. The molecule has 3 fully saturated rings. The number of hydrogen-bond donors (Lipinski definition) is 1. The molecule has 0 spiro atoms. The highest BCUT2D eigenvalue weighted by Gasteiger charge is 2.68. The average Bonchev–Trinajstić information content (AvgIpc) is 3.85. The van der Waals surface area contributed by atoms with E-state index in [4.69, 9.17) is 21.4 Å². The fourth-order valence-electron chi connectivity index (χ4n) is 9.79. The number of thiophene rings is 1. The average molecular weight is 789 g/mol. The summed E-state index contributed by atoms with van der Waals surface area (Å²) in [5.74, 6) is -4.91. The number of nitrogens with zero attached hydrogens (tertiary/aromatic N) is 4. The molecular weight excluding hydrogens is 752 g/mol. The first-order valence-electron chi connectivity index (χ1n) is 18.4. The van der Waals surface area contributed by atoms with E-state index in [-0.39, 0.29) is 30.3 Å². The zero-order valence-electron chi connectivity index (χ0n) is 31.2. The smallest absolute Gasteiger partial charge is 0.242 e. The number of Topliss-reactive ketones (excluding diaryl/α,β-unsaturated/α-hetero) is 1. The van der Waals surface area contributed by atoms with Crippen LogP contribution in [0.15, 0.2) is 78.4 Å². The summed E-state index contributed by atoms with van der Waals surface area (Å²) in [7, 11) is 3.19. The summed E-state index contributed by atoms with van der Waals surface area (Å²) >= 11 is 7.87. The number of ketones is 1. The fourth-order valence-corrected chi connectivity index (χ4v) is 11.1. The van der Waals surface area contributed by atoms with Gasteiger partial charge in [0.25, 0.3) is 0 Å². The predicted octanol–water partition coefficient (Wildman–Crippen LogP) is 7.62. The molecule has 56 heavy (non-hydrogen) atoms. The van der Waals surface area contributed by atoms with Gasteiger partial charge in [-0.25, -0.2) is 4.90 Å². The van der Waals surface area contributed by atoms with Crippen molar-refractivity contribution in [3.63, 3.8) is 0 Å². The lowest BCUT2D eigenvalue weighted by atomic mass is 9.51. The van der Waals surface area contributed by atoms with Gasteiger partial charge in [0.2, 0.25) is 23.6 Å². The van der Waals surface area contributed by atoms with Gasteiger partial charge in [0.15, 0.2) is 5.78 Å². The van der Waals surface area contributed by atoms with Crippen molar-refractivity contribution < 1.29 is 33.8 Å². The Balaban J connectivity index is 1.15. The molecule has 11 nitrogen and oxygen atoms in total. The van der Waals surface area contributed by atoms with Crippen LogP contribution >= 0.6 is 22.9 Å². The van der Waals surface area contributed by atoms with Gasteiger partial charge < -0.3 is 9.84 Å². The van der Waals surface area contributed by atoms with E-state index in [0.717, 1.165) is 26.1 Å². The number of methoxy groups -OCH3 is 1. The molecule has 13 heteroatoms. The maximum atomic E-state index is 15.1. The second-order valence-corrected chi connectivity index (χ2v) is 16.9. The van der Waals surface area contributed by atoms with Gasteiger partial charge >= 0.3 is 0 Å². The van der Waals surface area contributed by atoms with E-state index < -0.39 is 52.7 Å². The van der Waals surface area contributed by atoms with Crippen molar-refractivity contribution in [2.75, 3.05) is 16.9 Å². The van der Waals surface area contributed by atoms with Gasteiger partial charge in [-0.05, 0) is 99.0 Å². The first kappa shape index (κ1) is 36.1.